The number of H-pyrrole nitrogens is 1. The van der Waals surface area contributed by atoms with Crippen LogP contribution in [0, 0.1) is 11.6 Å². The predicted molar refractivity (Wildman–Crippen MR) is 97.2 cm³/mol. The Morgan fingerprint density at radius 1 is 1.04 bits per heavy atom. The number of ether oxygens (including phenoxy) is 1. The minimum atomic E-state index is -0.729. The first-order valence-corrected chi connectivity index (χ1v) is 8.55. The van der Waals surface area contributed by atoms with E-state index in [-0.39, 0.29) is 18.0 Å². The number of methoxy groups -OCH3 is 1. The number of nitrogens with one attached hydrogen (secondary N) is 1. The summed E-state index contributed by atoms with van der Waals surface area (Å²) in [5.74, 6) is -0.883. The zero-order chi connectivity index (χ0) is 19.4. The van der Waals surface area contributed by atoms with E-state index in [4.69, 9.17) is 4.74 Å². The van der Waals surface area contributed by atoms with E-state index in [1.54, 1.807) is 7.11 Å². The Labute approximate surface area is 154 Å². The quantitative estimate of drug-likeness (QED) is 0.666. The molecule has 0 aliphatic heterocycles. The third kappa shape index (κ3) is 4.55. The Bertz CT molecular complexity index is 958. The fourth-order valence-electron chi connectivity index (χ4n) is 2.98. The topological polar surface area (TPSA) is 67.2 Å². The molecule has 0 saturated carbocycles. The van der Waals surface area contributed by atoms with E-state index in [1.165, 1.54) is 0 Å². The Hall–Kier alpha value is -3.09. The van der Waals surface area contributed by atoms with Crippen LogP contribution in [0.3, 0.4) is 0 Å². The highest BCUT2D eigenvalue weighted by Crippen LogP contribution is 2.19. The van der Waals surface area contributed by atoms with Crippen LogP contribution < -0.4 is 10.4 Å². The molecule has 0 unspecified atom stereocenters. The van der Waals surface area contributed by atoms with E-state index in [1.807, 2.05) is 24.3 Å². The van der Waals surface area contributed by atoms with E-state index in [9.17, 15) is 18.7 Å². The molecule has 0 aliphatic carbocycles. The van der Waals surface area contributed by atoms with Crippen molar-refractivity contribution in [3.8, 4) is 11.6 Å². The summed E-state index contributed by atoms with van der Waals surface area (Å²) in [7, 11) is 1.61. The van der Waals surface area contributed by atoms with Gasteiger partial charge in [-0.3, -0.25) is 4.57 Å². The van der Waals surface area contributed by atoms with Gasteiger partial charge in [0.15, 0.2) is 0 Å². The van der Waals surface area contributed by atoms with Crippen molar-refractivity contribution in [2.45, 2.75) is 25.8 Å². The summed E-state index contributed by atoms with van der Waals surface area (Å²) >= 11 is 0. The van der Waals surface area contributed by atoms with Crippen LogP contribution >= 0.6 is 0 Å². The second-order valence-electron chi connectivity index (χ2n) is 6.30. The average Bonchev–Trinajstić information content (AvgIpc) is 2.89. The lowest BCUT2D eigenvalue weighted by atomic mass is 10.1. The number of benzene rings is 2. The monoisotopic (exact) mass is 374 g/mol. The first kappa shape index (κ1) is 18.7. The van der Waals surface area contributed by atoms with Crippen molar-refractivity contribution >= 4 is 0 Å². The molecule has 0 bridgehead atoms. The molecule has 1 heterocycles. The molecule has 0 atom stereocenters. The molecule has 142 valence electrons. The summed E-state index contributed by atoms with van der Waals surface area (Å²) in [6.45, 7) is -0.117. The molecule has 3 aromatic rings. The third-order valence-electron chi connectivity index (χ3n) is 4.34. The molecule has 0 spiro atoms. The maximum atomic E-state index is 13.3. The predicted octanol–water partition coefficient (Wildman–Crippen LogP) is 3.39. The summed E-state index contributed by atoms with van der Waals surface area (Å²) in [4.78, 5) is 14.7. The highest BCUT2D eigenvalue weighted by Gasteiger charge is 2.14. The van der Waals surface area contributed by atoms with Gasteiger partial charge in [-0.1, -0.05) is 12.1 Å². The van der Waals surface area contributed by atoms with Gasteiger partial charge in [0.2, 0.25) is 5.88 Å². The maximum Gasteiger partial charge on any atom is 0.328 e. The van der Waals surface area contributed by atoms with Crippen molar-refractivity contribution in [3.05, 3.63) is 81.4 Å². The van der Waals surface area contributed by atoms with Gasteiger partial charge >= 0.3 is 5.69 Å². The zero-order valence-corrected chi connectivity index (χ0v) is 14.8. The summed E-state index contributed by atoms with van der Waals surface area (Å²) in [5, 5.41) is 10.3. The minimum Gasteiger partial charge on any atom is -0.497 e. The van der Waals surface area contributed by atoms with E-state index in [2.05, 4.69) is 4.98 Å². The highest BCUT2D eigenvalue weighted by molar-refractivity contribution is 5.28. The van der Waals surface area contributed by atoms with Gasteiger partial charge in [-0.15, -0.1) is 0 Å². The second-order valence-corrected chi connectivity index (χ2v) is 6.30. The second kappa shape index (κ2) is 8.07. The SMILES string of the molecule is COc1ccc(CCCc2[nH]c(=O)n(Cc3cc(F)cc(F)c3)c2O)cc1. The summed E-state index contributed by atoms with van der Waals surface area (Å²) in [5.41, 5.74) is 1.27. The molecule has 2 aromatic carbocycles. The van der Waals surface area contributed by atoms with Crippen LogP contribution in [-0.4, -0.2) is 21.8 Å². The molecular weight excluding hydrogens is 354 g/mol. The zero-order valence-electron chi connectivity index (χ0n) is 14.8. The lowest BCUT2D eigenvalue weighted by Crippen LogP contribution is -2.17. The minimum absolute atomic E-state index is 0.117. The smallest absolute Gasteiger partial charge is 0.328 e. The van der Waals surface area contributed by atoms with Crippen molar-refractivity contribution in [1.82, 2.24) is 9.55 Å². The van der Waals surface area contributed by atoms with Gasteiger partial charge in [0, 0.05) is 6.07 Å². The van der Waals surface area contributed by atoms with Gasteiger partial charge in [0.25, 0.3) is 0 Å². The van der Waals surface area contributed by atoms with E-state index in [0.717, 1.165) is 40.5 Å². The van der Waals surface area contributed by atoms with Crippen LogP contribution in [0.5, 0.6) is 11.6 Å². The molecular formula is C20H20F2N2O3. The van der Waals surface area contributed by atoms with E-state index < -0.39 is 17.3 Å². The van der Waals surface area contributed by atoms with Crippen molar-refractivity contribution in [1.29, 1.82) is 0 Å². The number of imidazole rings is 1. The Morgan fingerprint density at radius 2 is 1.70 bits per heavy atom. The first-order chi connectivity index (χ1) is 13.0. The molecule has 2 N–H and O–H groups in total. The van der Waals surface area contributed by atoms with Crippen molar-refractivity contribution in [2.75, 3.05) is 7.11 Å². The largest absolute Gasteiger partial charge is 0.497 e. The fraction of sp³-hybridized carbons (Fsp3) is 0.250. The Morgan fingerprint density at radius 3 is 2.33 bits per heavy atom. The van der Waals surface area contributed by atoms with Crippen LogP contribution in [0.15, 0.2) is 47.3 Å². The maximum absolute atomic E-state index is 13.3. The lowest BCUT2D eigenvalue weighted by molar-refractivity contribution is 0.414. The fourth-order valence-corrected chi connectivity index (χ4v) is 2.98. The number of aromatic nitrogens is 2. The van der Waals surface area contributed by atoms with E-state index >= 15 is 0 Å². The molecule has 0 fully saturated rings. The molecule has 7 heteroatoms. The highest BCUT2D eigenvalue weighted by atomic mass is 19.1. The summed E-state index contributed by atoms with van der Waals surface area (Å²) in [6.07, 6.45) is 1.96. The summed E-state index contributed by atoms with van der Waals surface area (Å²) < 4.78 is 32.8. The van der Waals surface area contributed by atoms with Gasteiger partial charge < -0.3 is 14.8 Å². The molecule has 0 aliphatic rings. The number of hydrogen-bond acceptors (Lipinski definition) is 3. The third-order valence-corrected chi connectivity index (χ3v) is 4.34. The van der Waals surface area contributed by atoms with Gasteiger partial charge in [0.05, 0.1) is 19.3 Å². The summed E-state index contributed by atoms with van der Waals surface area (Å²) in [6, 6.07) is 10.7. The average molecular weight is 374 g/mol. The molecule has 0 amide bonds. The van der Waals surface area contributed by atoms with Gasteiger partial charge in [-0.25, -0.2) is 13.6 Å². The number of aryl methyl sites for hydroxylation is 2. The molecule has 1 aromatic heterocycles. The van der Waals surface area contributed by atoms with Crippen molar-refractivity contribution < 1.29 is 18.6 Å². The molecule has 27 heavy (non-hydrogen) atoms. The number of nitrogens with zero attached hydrogens (tertiary/aromatic N) is 1. The number of aromatic amines is 1. The number of aromatic hydroxyl groups is 1. The van der Waals surface area contributed by atoms with Crippen molar-refractivity contribution in [3.63, 3.8) is 0 Å². The van der Waals surface area contributed by atoms with Crippen LogP contribution in [0.25, 0.3) is 0 Å². The van der Waals surface area contributed by atoms with Crippen LogP contribution in [-0.2, 0) is 19.4 Å². The van der Waals surface area contributed by atoms with Crippen molar-refractivity contribution in [2.24, 2.45) is 0 Å². The normalized spacial score (nSPS) is 10.9. The van der Waals surface area contributed by atoms with E-state index in [0.29, 0.717) is 18.5 Å². The molecule has 0 radical (unpaired) electrons. The van der Waals surface area contributed by atoms with Gasteiger partial charge in [-0.2, -0.15) is 0 Å². The number of hydrogen-bond donors (Lipinski definition) is 2. The van der Waals surface area contributed by atoms with Crippen LogP contribution in [0.1, 0.15) is 23.2 Å². The Balaban J connectivity index is 1.66. The first-order valence-electron chi connectivity index (χ1n) is 8.55. The lowest BCUT2D eigenvalue weighted by Gasteiger charge is -2.06. The molecule has 3 rings (SSSR count). The van der Waals surface area contributed by atoms with Gasteiger partial charge in [-0.05, 0) is 54.7 Å². The molecule has 0 saturated heterocycles. The Kier molecular flexibility index (Phi) is 5.59. The number of halogens is 2. The van der Waals surface area contributed by atoms with Gasteiger partial charge in [0.1, 0.15) is 17.4 Å². The number of rotatable bonds is 7. The van der Waals surface area contributed by atoms with Crippen LogP contribution in [0.4, 0.5) is 8.78 Å². The standard InChI is InChI=1S/C20H20F2N2O3/c1-27-17-7-5-13(6-8-17)3-2-4-18-19(25)24(20(26)23-18)12-14-9-15(21)11-16(22)10-14/h5-11,25H,2-4,12H2,1H3,(H,23,26). The molecule has 5 nitrogen and oxygen atoms in total. The van der Waals surface area contributed by atoms with Crippen LogP contribution in [0.2, 0.25) is 0 Å².